The molecule has 1 amide bonds. The fraction of sp³-hybridized carbons (Fsp3) is 0.378. The second kappa shape index (κ2) is 17.0. The molecule has 318 valence electrons. The molecule has 1 fully saturated rings. The van der Waals surface area contributed by atoms with Crippen molar-refractivity contribution in [3.05, 3.63) is 80.1 Å². The quantitative estimate of drug-likeness (QED) is 0.119. The number of carbonyl (C=O) groups is 2. The van der Waals surface area contributed by atoms with E-state index in [1.165, 1.54) is 37.6 Å². The molecule has 2 atom stereocenters. The van der Waals surface area contributed by atoms with E-state index in [1.807, 2.05) is 17.3 Å². The summed E-state index contributed by atoms with van der Waals surface area (Å²) in [5, 5.41) is 18.7. The van der Waals surface area contributed by atoms with Crippen LogP contribution in [0.25, 0.3) is 20.4 Å². The number of hydrogen-bond acceptors (Lipinski definition) is 15. The van der Waals surface area contributed by atoms with Crippen LogP contribution in [0, 0.1) is 11.8 Å². The third kappa shape index (κ3) is 7.65. The number of hydrogen-bond donors (Lipinski definition) is 3. The zero-order valence-corrected chi connectivity index (χ0v) is 38.2. The summed E-state index contributed by atoms with van der Waals surface area (Å²) in [6.07, 6.45) is 15.8. The highest BCUT2D eigenvalue weighted by molar-refractivity contribution is 7.99. The molecule has 5 aliphatic rings. The van der Waals surface area contributed by atoms with Crippen LogP contribution < -0.4 is 10.6 Å². The zero-order chi connectivity index (χ0) is 42.6. The van der Waals surface area contributed by atoms with Gasteiger partial charge in [0.05, 0.1) is 41.2 Å². The van der Waals surface area contributed by atoms with Crippen molar-refractivity contribution in [2.24, 2.45) is 21.8 Å². The lowest BCUT2D eigenvalue weighted by Crippen LogP contribution is -2.60. The molecule has 3 aliphatic heterocycles. The predicted octanol–water partition coefficient (Wildman–Crippen LogP) is 8.25. The van der Waals surface area contributed by atoms with Crippen molar-refractivity contribution in [3.63, 3.8) is 0 Å². The Morgan fingerprint density at radius 3 is 1.73 bits per heavy atom. The SMILES string of the molecule is CSc1cc2c(cc1Nc1ncnc3sc4c(c13)CC[C@H](C(=O)N1CC(N(C)C)C1)C4)C=NC2.CSc1cc2c(cc1Nc1ncnc3sc4c(c13)CC[C@H](C(=O)O)C4)C=NC2. The Morgan fingerprint density at radius 1 is 0.742 bits per heavy atom. The number of carboxylic acid groups (broad SMARTS) is 1. The fourth-order valence-corrected chi connectivity index (χ4v) is 12.8. The Labute approximate surface area is 376 Å². The molecule has 6 aromatic rings. The molecule has 2 aromatic carbocycles. The van der Waals surface area contributed by atoms with Crippen LogP contribution in [0.3, 0.4) is 0 Å². The number of nitrogens with zero attached hydrogens (tertiary/aromatic N) is 8. The van der Waals surface area contributed by atoms with E-state index in [0.717, 1.165) is 111 Å². The largest absolute Gasteiger partial charge is 0.481 e. The number of nitrogens with one attached hydrogen (secondary N) is 2. The van der Waals surface area contributed by atoms with Crippen molar-refractivity contribution in [2.45, 2.75) is 67.4 Å². The number of anilines is 4. The Kier molecular flexibility index (Phi) is 11.3. The number of likely N-dealkylation sites (N-methyl/N-ethyl adjacent to an activating group) is 1. The van der Waals surface area contributed by atoms with Gasteiger partial charge in [-0.25, -0.2) is 19.9 Å². The van der Waals surface area contributed by atoms with E-state index >= 15 is 0 Å². The molecule has 2 aliphatic carbocycles. The Hall–Kier alpha value is -4.94. The van der Waals surface area contributed by atoms with Gasteiger partial charge in [0.1, 0.15) is 34.0 Å². The van der Waals surface area contributed by atoms with Crippen LogP contribution in [-0.2, 0) is 48.4 Å². The van der Waals surface area contributed by atoms with Gasteiger partial charge in [-0.15, -0.1) is 46.2 Å². The first-order valence-corrected chi connectivity index (χ1v) is 24.9. The minimum atomic E-state index is -0.711. The maximum atomic E-state index is 13.1. The number of likely N-dealkylation sites (tertiary alicyclic amines) is 1. The molecule has 0 radical (unpaired) electrons. The van der Waals surface area contributed by atoms with Crippen molar-refractivity contribution >= 4 is 114 Å². The third-order valence-corrected chi connectivity index (χ3v) is 16.6. The number of benzene rings is 2. The van der Waals surface area contributed by atoms with Crippen LogP contribution in [0.2, 0.25) is 0 Å². The van der Waals surface area contributed by atoms with Gasteiger partial charge < -0.3 is 25.5 Å². The number of rotatable bonds is 9. The number of aromatic nitrogens is 4. The summed E-state index contributed by atoms with van der Waals surface area (Å²) < 4.78 is 0. The molecule has 3 N–H and O–H groups in total. The standard InChI is InChI=1S/C25H28N6OS2.C20H18N4O2S2/c1-30(2)17-11-31(12-17)25(32)14-4-5-18-20(7-14)34-24-22(18)23(27-13-28-24)29-19-6-15-9-26-10-16(15)8-21(19)33-3;1-27-16-6-12-8-21-7-11(12)4-14(16)24-18-17-13-3-2-10(20(25)26)5-15(13)28-19(17)23-9-22-18/h6,8-9,13-14,17H,4-5,7,10-12H2,1-3H3,(H,27,28,29);4,6-7,9-10H,2-3,5,8H2,1H3,(H,25,26)(H,22,23,24)/t14-;10-/m00/s1. The van der Waals surface area contributed by atoms with Crippen molar-refractivity contribution in [1.82, 2.24) is 29.7 Å². The molecule has 62 heavy (non-hydrogen) atoms. The van der Waals surface area contributed by atoms with Crippen molar-refractivity contribution in [3.8, 4) is 0 Å². The first-order valence-electron chi connectivity index (χ1n) is 20.8. The molecule has 7 heterocycles. The average Bonchev–Trinajstić information content (AvgIpc) is 4.07. The minimum absolute atomic E-state index is 0.0761. The molecular formula is C45H46N10O3S4. The van der Waals surface area contributed by atoms with E-state index in [2.05, 4.69) is 96.3 Å². The summed E-state index contributed by atoms with van der Waals surface area (Å²) in [5.41, 5.74) is 9.41. The first-order chi connectivity index (χ1) is 30.1. The molecule has 17 heteroatoms. The summed E-state index contributed by atoms with van der Waals surface area (Å²) >= 11 is 6.74. The molecule has 0 spiro atoms. The van der Waals surface area contributed by atoms with Gasteiger partial charge in [0, 0.05) is 57.0 Å². The highest BCUT2D eigenvalue weighted by atomic mass is 32.2. The highest BCUT2D eigenvalue weighted by Crippen LogP contribution is 2.44. The van der Waals surface area contributed by atoms with E-state index in [4.69, 9.17) is 0 Å². The van der Waals surface area contributed by atoms with E-state index in [9.17, 15) is 14.7 Å². The maximum Gasteiger partial charge on any atom is 0.306 e. The summed E-state index contributed by atoms with van der Waals surface area (Å²) in [6, 6.07) is 9.21. The van der Waals surface area contributed by atoms with Gasteiger partial charge in [0.25, 0.3) is 0 Å². The van der Waals surface area contributed by atoms with Gasteiger partial charge in [-0.3, -0.25) is 19.6 Å². The smallest absolute Gasteiger partial charge is 0.306 e. The number of carbonyl (C=O) groups excluding carboxylic acids is 1. The normalized spacial score (nSPS) is 18.6. The topological polar surface area (TPSA) is 161 Å². The average molecular weight is 903 g/mol. The molecule has 0 unspecified atom stereocenters. The number of aryl methyl sites for hydroxylation is 2. The van der Waals surface area contributed by atoms with Crippen molar-refractivity contribution in [2.75, 3.05) is 50.3 Å². The molecule has 1 saturated heterocycles. The van der Waals surface area contributed by atoms with Crippen molar-refractivity contribution < 1.29 is 14.7 Å². The minimum Gasteiger partial charge on any atom is -0.481 e. The predicted molar refractivity (Wildman–Crippen MR) is 253 cm³/mol. The number of thiophene rings is 2. The van der Waals surface area contributed by atoms with Crippen LogP contribution in [0.4, 0.5) is 23.0 Å². The van der Waals surface area contributed by atoms with Crippen LogP contribution in [0.5, 0.6) is 0 Å². The van der Waals surface area contributed by atoms with Gasteiger partial charge in [0.2, 0.25) is 5.91 Å². The monoisotopic (exact) mass is 902 g/mol. The number of fused-ring (bicyclic) bond motifs is 8. The van der Waals surface area contributed by atoms with Crippen molar-refractivity contribution in [1.29, 1.82) is 0 Å². The molecule has 13 nitrogen and oxygen atoms in total. The lowest BCUT2D eigenvalue weighted by molar-refractivity contribution is -0.143. The lowest BCUT2D eigenvalue weighted by Gasteiger charge is -2.44. The molecule has 4 aromatic heterocycles. The van der Waals surface area contributed by atoms with E-state index in [1.54, 1.807) is 58.9 Å². The van der Waals surface area contributed by atoms with E-state index in [-0.39, 0.29) is 11.8 Å². The molecule has 11 rings (SSSR count). The van der Waals surface area contributed by atoms with Gasteiger partial charge in [-0.1, -0.05) is 0 Å². The van der Waals surface area contributed by atoms with Crippen LogP contribution >= 0.6 is 46.2 Å². The first kappa shape index (κ1) is 41.1. The maximum absolute atomic E-state index is 13.1. The summed E-state index contributed by atoms with van der Waals surface area (Å²) in [4.78, 5) is 62.4. The number of aliphatic imine (C=N–C) groups is 2. The zero-order valence-electron chi connectivity index (χ0n) is 34.9. The van der Waals surface area contributed by atoms with Gasteiger partial charge >= 0.3 is 5.97 Å². The number of thioether (sulfide) groups is 2. The molecule has 0 bridgehead atoms. The summed E-state index contributed by atoms with van der Waals surface area (Å²) in [7, 11) is 4.17. The van der Waals surface area contributed by atoms with Gasteiger partial charge in [-0.2, -0.15) is 0 Å². The Balaban J connectivity index is 0.000000151. The fourth-order valence-electron chi connectivity index (χ4n) is 9.12. The second-order valence-corrected chi connectivity index (χ2v) is 20.4. The molecular weight excluding hydrogens is 857 g/mol. The van der Waals surface area contributed by atoms with Crippen LogP contribution in [0.15, 0.2) is 56.7 Å². The number of carboxylic acids is 1. The van der Waals surface area contributed by atoms with E-state index in [0.29, 0.717) is 24.8 Å². The van der Waals surface area contributed by atoms with Crippen LogP contribution in [0.1, 0.15) is 56.0 Å². The summed E-state index contributed by atoms with van der Waals surface area (Å²) in [5.74, 6) is 1.03. The Bertz CT molecular complexity index is 2830. The van der Waals surface area contributed by atoms with Gasteiger partial charge in [-0.05, 0) is 123 Å². The van der Waals surface area contributed by atoms with E-state index < -0.39 is 5.97 Å². The number of aliphatic carboxylic acids is 1. The van der Waals surface area contributed by atoms with Crippen LogP contribution in [-0.4, -0.2) is 105 Å². The second-order valence-electron chi connectivity index (χ2n) is 16.6. The molecule has 0 saturated carbocycles. The van der Waals surface area contributed by atoms with Gasteiger partial charge in [0.15, 0.2) is 0 Å². The number of amides is 1. The lowest BCUT2D eigenvalue weighted by atomic mass is 9.86. The third-order valence-electron chi connectivity index (χ3n) is 12.7. The highest BCUT2D eigenvalue weighted by Gasteiger charge is 2.38. The Morgan fingerprint density at radius 2 is 1.24 bits per heavy atom. The summed E-state index contributed by atoms with van der Waals surface area (Å²) in [6.45, 7) is 3.20.